The molecule has 186 valence electrons. The molecule has 0 aliphatic rings. The Morgan fingerprint density at radius 2 is 1.74 bits per heavy atom. The van der Waals surface area contributed by atoms with E-state index in [0.29, 0.717) is 32.3 Å². The first kappa shape index (κ1) is 28.4. The van der Waals surface area contributed by atoms with Gasteiger partial charge in [0.25, 0.3) is 0 Å². The molecule has 2 amide bonds. The maximum atomic E-state index is 13.5. The number of anilines is 1. The van der Waals surface area contributed by atoms with E-state index in [-0.39, 0.29) is 18.4 Å². The molecule has 1 atom stereocenters. The second kappa shape index (κ2) is 12.2. The summed E-state index contributed by atoms with van der Waals surface area (Å²) in [5.74, 6) is -0.680. The van der Waals surface area contributed by atoms with Gasteiger partial charge in [-0.15, -0.1) is 0 Å². The highest BCUT2D eigenvalue weighted by molar-refractivity contribution is 9.10. The molecule has 34 heavy (non-hydrogen) atoms. The van der Waals surface area contributed by atoms with Gasteiger partial charge >= 0.3 is 0 Å². The number of benzene rings is 2. The van der Waals surface area contributed by atoms with Crippen molar-refractivity contribution in [3.8, 4) is 0 Å². The van der Waals surface area contributed by atoms with Crippen LogP contribution < -0.4 is 9.62 Å². The van der Waals surface area contributed by atoms with Gasteiger partial charge in [0.15, 0.2) is 0 Å². The lowest BCUT2D eigenvalue weighted by Gasteiger charge is -2.32. The zero-order valence-corrected chi connectivity index (χ0v) is 23.3. The van der Waals surface area contributed by atoms with Gasteiger partial charge in [0.05, 0.1) is 11.9 Å². The van der Waals surface area contributed by atoms with Crippen molar-refractivity contribution in [1.29, 1.82) is 0 Å². The van der Waals surface area contributed by atoms with Crippen LogP contribution in [0.2, 0.25) is 10.0 Å². The third-order valence-electron chi connectivity index (χ3n) is 5.01. The fraction of sp³-hybridized carbons (Fsp3) is 0.391. The molecular formula is C23H28BrCl2N3O4S. The Hall–Kier alpha value is -1.81. The summed E-state index contributed by atoms with van der Waals surface area (Å²) in [5.41, 5.74) is 0.898. The number of sulfonamides is 1. The molecule has 0 aromatic heterocycles. The predicted molar refractivity (Wildman–Crippen MR) is 141 cm³/mol. The molecule has 0 heterocycles. The van der Waals surface area contributed by atoms with Crippen LogP contribution in [0.15, 0.2) is 46.9 Å². The number of amides is 2. The van der Waals surface area contributed by atoms with Crippen LogP contribution in [0, 0.1) is 5.92 Å². The molecule has 0 saturated heterocycles. The summed E-state index contributed by atoms with van der Waals surface area (Å²) in [6.45, 7) is 5.47. The summed E-state index contributed by atoms with van der Waals surface area (Å²) in [7, 11) is -3.81. The molecule has 1 unspecified atom stereocenters. The monoisotopic (exact) mass is 591 g/mol. The van der Waals surface area contributed by atoms with Gasteiger partial charge in [-0.3, -0.25) is 13.9 Å². The quantitative estimate of drug-likeness (QED) is 0.433. The van der Waals surface area contributed by atoms with Gasteiger partial charge in [0.2, 0.25) is 21.8 Å². The minimum absolute atomic E-state index is 0.00133. The number of carbonyl (C=O) groups is 2. The second-order valence-electron chi connectivity index (χ2n) is 8.29. The van der Waals surface area contributed by atoms with E-state index < -0.39 is 28.5 Å². The first-order valence-corrected chi connectivity index (χ1v) is 13.9. The van der Waals surface area contributed by atoms with Crippen molar-refractivity contribution in [2.24, 2.45) is 5.92 Å². The fourth-order valence-corrected chi connectivity index (χ4v) is 5.06. The Morgan fingerprint density at radius 1 is 1.09 bits per heavy atom. The van der Waals surface area contributed by atoms with Gasteiger partial charge in [-0.1, -0.05) is 55.2 Å². The summed E-state index contributed by atoms with van der Waals surface area (Å²) < 4.78 is 26.7. The van der Waals surface area contributed by atoms with Crippen LogP contribution in [-0.2, 0) is 26.2 Å². The topological polar surface area (TPSA) is 86.8 Å². The van der Waals surface area contributed by atoms with Crippen LogP contribution in [0.3, 0.4) is 0 Å². The van der Waals surface area contributed by atoms with E-state index in [9.17, 15) is 18.0 Å². The summed E-state index contributed by atoms with van der Waals surface area (Å²) in [6.07, 6.45) is 1.03. The third kappa shape index (κ3) is 7.86. The highest BCUT2D eigenvalue weighted by atomic mass is 79.9. The lowest BCUT2D eigenvalue weighted by Crippen LogP contribution is -2.51. The maximum absolute atomic E-state index is 13.5. The molecule has 1 N–H and O–H groups in total. The van der Waals surface area contributed by atoms with Crippen LogP contribution in [0.25, 0.3) is 0 Å². The van der Waals surface area contributed by atoms with E-state index in [4.69, 9.17) is 23.2 Å². The number of nitrogens with one attached hydrogen (secondary N) is 1. The van der Waals surface area contributed by atoms with E-state index in [1.54, 1.807) is 49.4 Å². The molecule has 11 heteroatoms. The van der Waals surface area contributed by atoms with Crippen LogP contribution in [0.1, 0.15) is 26.3 Å². The molecule has 0 saturated carbocycles. The maximum Gasteiger partial charge on any atom is 0.244 e. The zero-order valence-electron chi connectivity index (χ0n) is 19.4. The molecule has 0 aliphatic carbocycles. The lowest BCUT2D eigenvalue weighted by molar-refractivity contribution is -0.139. The number of halogens is 3. The average Bonchev–Trinajstić information content (AvgIpc) is 2.74. The first-order chi connectivity index (χ1) is 15.8. The standard InChI is InChI=1S/C23H28BrCl2N3O4S/c1-15(2)12-27-23(31)16(3)28(13-17-9-10-18(25)11-20(17)26)22(30)14-29(34(4,32)33)21-8-6-5-7-19(21)24/h5-11,15-16H,12-14H2,1-4H3,(H,27,31). The van der Waals surface area contributed by atoms with Crippen LogP contribution >= 0.6 is 39.1 Å². The van der Waals surface area contributed by atoms with Gasteiger partial charge in [0, 0.05) is 27.6 Å². The number of carbonyl (C=O) groups excluding carboxylic acids is 2. The van der Waals surface area contributed by atoms with E-state index >= 15 is 0 Å². The van der Waals surface area contributed by atoms with Gasteiger partial charge in [0.1, 0.15) is 12.6 Å². The summed E-state index contributed by atoms with van der Waals surface area (Å²) in [5, 5.41) is 3.60. The normalized spacial score (nSPS) is 12.4. The molecule has 0 bridgehead atoms. The SMILES string of the molecule is CC(C)CNC(=O)C(C)N(Cc1ccc(Cl)cc1Cl)C(=O)CN(c1ccccc1Br)S(C)(=O)=O. The summed E-state index contributed by atoms with van der Waals surface area (Å²) in [6, 6.07) is 10.7. The molecule has 7 nitrogen and oxygen atoms in total. The zero-order chi connectivity index (χ0) is 25.6. The van der Waals surface area contributed by atoms with Gasteiger partial charge in [-0.05, 0) is 58.6 Å². The summed E-state index contributed by atoms with van der Waals surface area (Å²) >= 11 is 15.7. The number of rotatable bonds is 10. The van der Waals surface area contributed by atoms with Crippen molar-refractivity contribution in [2.45, 2.75) is 33.4 Å². The number of hydrogen-bond donors (Lipinski definition) is 1. The Kier molecular flexibility index (Phi) is 10.2. The van der Waals surface area contributed by atoms with Crippen molar-refractivity contribution in [3.05, 3.63) is 62.5 Å². The minimum Gasteiger partial charge on any atom is -0.354 e. The van der Waals surface area contributed by atoms with Crippen molar-refractivity contribution >= 4 is 66.7 Å². The number of hydrogen-bond acceptors (Lipinski definition) is 4. The smallest absolute Gasteiger partial charge is 0.244 e. The molecule has 2 aromatic carbocycles. The molecule has 2 rings (SSSR count). The van der Waals surface area contributed by atoms with Crippen molar-refractivity contribution in [3.63, 3.8) is 0 Å². The van der Waals surface area contributed by atoms with Gasteiger partial charge < -0.3 is 10.2 Å². The number of para-hydroxylation sites is 1. The highest BCUT2D eigenvalue weighted by Crippen LogP contribution is 2.28. The van der Waals surface area contributed by atoms with Crippen LogP contribution in [0.4, 0.5) is 5.69 Å². The van der Waals surface area contributed by atoms with E-state index in [0.717, 1.165) is 10.6 Å². The largest absolute Gasteiger partial charge is 0.354 e. The second-order valence-corrected chi connectivity index (χ2v) is 11.9. The van der Waals surface area contributed by atoms with Crippen molar-refractivity contribution < 1.29 is 18.0 Å². The van der Waals surface area contributed by atoms with Gasteiger partial charge in [-0.2, -0.15) is 0 Å². The minimum atomic E-state index is -3.81. The van der Waals surface area contributed by atoms with Crippen LogP contribution in [-0.4, -0.2) is 50.5 Å². The van der Waals surface area contributed by atoms with E-state index in [2.05, 4.69) is 21.2 Å². The Balaban J connectivity index is 2.41. The molecular weight excluding hydrogens is 565 g/mol. The number of nitrogens with zero attached hydrogens (tertiary/aromatic N) is 2. The predicted octanol–water partition coefficient (Wildman–Crippen LogP) is 4.71. The highest BCUT2D eigenvalue weighted by Gasteiger charge is 2.31. The van der Waals surface area contributed by atoms with Crippen LogP contribution in [0.5, 0.6) is 0 Å². The molecule has 2 aromatic rings. The average molecular weight is 593 g/mol. The van der Waals surface area contributed by atoms with Gasteiger partial charge in [-0.25, -0.2) is 8.42 Å². The van der Waals surface area contributed by atoms with Crippen molar-refractivity contribution in [1.82, 2.24) is 10.2 Å². The lowest BCUT2D eigenvalue weighted by atomic mass is 10.1. The Labute approximate surface area is 219 Å². The molecule has 0 fully saturated rings. The van der Waals surface area contributed by atoms with E-state index in [1.807, 2.05) is 13.8 Å². The summed E-state index contributed by atoms with van der Waals surface area (Å²) in [4.78, 5) is 27.7. The Morgan fingerprint density at radius 3 is 2.29 bits per heavy atom. The molecule has 0 spiro atoms. The first-order valence-electron chi connectivity index (χ1n) is 10.5. The Bertz CT molecular complexity index is 1140. The molecule has 0 aliphatic heterocycles. The third-order valence-corrected chi connectivity index (χ3v) is 7.39. The van der Waals surface area contributed by atoms with Crippen molar-refractivity contribution in [2.75, 3.05) is 23.7 Å². The fourth-order valence-electron chi connectivity index (χ4n) is 3.12. The molecule has 0 radical (unpaired) electrons. The van der Waals surface area contributed by atoms with E-state index in [1.165, 1.54) is 4.90 Å².